The molecule has 5 rings (SSSR count). The third kappa shape index (κ3) is 1.99. The van der Waals surface area contributed by atoms with Crippen molar-refractivity contribution in [2.24, 2.45) is 0 Å². The maximum atomic E-state index is 15.1. The molecule has 1 aromatic carbocycles. The first-order chi connectivity index (χ1) is 12.4. The van der Waals surface area contributed by atoms with Crippen molar-refractivity contribution < 1.29 is 9.13 Å². The fourth-order valence-electron chi connectivity index (χ4n) is 4.81. The molecular formula is C20H21FN4O. The topological polar surface area (TPSA) is 51.5 Å². The first kappa shape index (κ1) is 15.8. The van der Waals surface area contributed by atoms with Crippen LogP contribution >= 0.6 is 0 Å². The van der Waals surface area contributed by atoms with Crippen molar-refractivity contribution in [3.05, 3.63) is 48.0 Å². The van der Waals surface area contributed by atoms with Crippen LogP contribution in [0, 0.1) is 5.82 Å². The molecule has 1 saturated heterocycles. The second-order valence-corrected chi connectivity index (χ2v) is 8.11. The molecule has 2 aromatic heterocycles. The van der Waals surface area contributed by atoms with Gasteiger partial charge in [0.25, 0.3) is 0 Å². The molecule has 3 aromatic rings. The smallest absolute Gasteiger partial charge is 0.161 e. The van der Waals surface area contributed by atoms with Crippen LogP contribution in [0.1, 0.15) is 32.8 Å². The minimum atomic E-state index is -0.255. The number of nitrogens with one attached hydrogen (secondary N) is 1. The Morgan fingerprint density at radius 1 is 1.27 bits per heavy atom. The SMILES string of the molecule is CC1(C)Nc2cc(F)c(-c3cccc4nncn34)cc2C2(C)CCOC12. The second kappa shape index (κ2) is 5.04. The summed E-state index contributed by atoms with van der Waals surface area (Å²) in [5.74, 6) is -0.255. The van der Waals surface area contributed by atoms with E-state index in [1.165, 1.54) is 0 Å². The number of hydrogen-bond acceptors (Lipinski definition) is 4. The van der Waals surface area contributed by atoms with Gasteiger partial charge in [-0.3, -0.25) is 4.40 Å². The summed E-state index contributed by atoms with van der Waals surface area (Å²) in [4.78, 5) is 0. The monoisotopic (exact) mass is 352 g/mol. The van der Waals surface area contributed by atoms with Gasteiger partial charge in [0.2, 0.25) is 0 Å². The van der Waals surface area contributed by atoms with Gasteiger partial charge in [0.1, 0.15) is 12.1 Å². The maximum absolute atomic E-state index is 15.1. The first-order valence-corrected chi connectivity index (χ1v) is 8.93. The minimum absolute atomic E-state index is 0.0477. The molecule has 2 aliphatic rings. The first-order valence-electron chi connectivity index (χ1n) is 8.93. The molecule has 1 fully saturated rings. The van der Waals surface area contributed by atoms with Crippen LogP contribution in [0.5, 0.6) is 0 Å². The molecule has 26 heavy (non-hydrogen) atoms. The van der Waals surface area contributed by atoms with E-state index in [4.69, 9.17) is 4.74 Å². The summed E-state index contributed by atoms with van der Waals surface area (Å²) < 4.78 is 23.0. The van der Waals surface area contributed by atoms with Crippen LogP contribution in [0.25, 0.3) is 16.9 Å². The number of benzene rings is 1. The number of rotatable bonds is 1. The highest BCUT2D eigenvalue weighted by atomic mass is 19.1. The van der Waals surface area contributed by atoms with Gasteiger partial charge in [0.15, 0.2) is 5.65 Å². The summed E-state index contributed by atoms with van der Waals surface area (Å²) in [6.07, 6.45) is 2.60. The van der Waals surface area contributed by atoms with E-state index in [0.717, 1.165) is 30.0 Å². The molecule has 4 heterocycles. The average molecular weight is 352 g/mol. The van der Waals surface area contributed by atoms with E-state index < -0.39 is 0 Å². The van der Waals surface area contributed by atoms with Crippen molar-refractivity contribution in [3.63, 3.8) is 0 Å². The number of halogens is 1. The lowest BCUT2D eigenvalue weighted by molar-refractivity contribution is 0.0352. The number of ether oxygens (including phenoxy) is 1. The Morgan fingerprint density at radius 2 is 2.12 bits per heavy atom. The van der Waals surface area contributed by atoms with Gasteiger partial charge in [-0.15, -0.1) is 10.2 Å². The van der Waals surface area contributed by atoms with E-state index in [2.05, 4.69) is 36.3 Å². The quantitative estimate of drug-likeness (QED) is 0.724. The van der Waals surface area contributed by atoms with Crippen LogP contribution in [0.15, 0.2) is 36.7 Å². The zero-order valence-electron chi connectivity index (χ0n) is 15.1. The average Bonchev–Trinajstić information content (AvgIpc) is 3.21. The number of anilines is 1. The van der Waals surface area contributed by atoms with E-state index >= 15 is 4.39 Å². The van der Waals surface area contributed by atoms with Crippen LogP contribution in [-0.4, -0.2) is 32.8 Å². The molecule has 2 unspecified atom stereocenters. The van der Waals surface area contributed by atoms with Gasteiger partial charge in [-0.05, 0) is 50.1 Å². The number of hydrogen-bond donors (Lipinski definition) is 1. The molecule has 2 atom stereocenters. The van der Waals surface area contributed by atoms with Gasteiger partial charge >= 0.3 is 0 Å². The molecular weight excluding hydrogens is 331 g/mol. The van der Waals surface area contributed by atoms with Crippen LogP contribution < -0.4 is 5.32 Å². The molecule has 0 bridgehead atoms. The highest BCUT2D eigenvalue weighted by molar-refractivity contribution is 5.72. The number of aromatic nitrogens is 3. The summed E-state index contributed by atoms with van der Waals surface area (Å²) in [6.45, 7) is 7.19. The molecule has 0 radical (unpaired) electrons. The highest BCUT2D eigenvalue weighted by Gasteiger charge is 2.53. The van der Waals surface area contributed by atoms with Crippen LogP contribution in [0.3, 0.4) is 0 Å². The molecule has 0 saturated carbocycles. The van der Waals surface area contributed by atoms with Crippen molar-refractivity contribution in [3.8, 4) is 11.3 Å². The fraction of sp³-hybridized carbons (Fsp3) is 0.400. The Labute approximate surface area is 151 Å². The third-order valence-corrected chi connectivity index (χ3v) is 5.93. The Balaban J connectivity index is 1.76. The van der Waals surface area contributed by atoms with E-state index in [0.29, 0.717) is 11.2 Å². The van der Waals surface area contributed by atoms with Crippen LogP contribution in [-0.2, 0) is 10.2 Å². The van der Waals surface area contributed by atoms with Crippen LogP contribution in [0.4, 0.5) is 10.1 Å². The molecule has 0 spiro atoms. The van der Waals surface area contributed by atoms with Crippen LogP contribution in [0.2, 0.25) is 0 Å². The molecule has 0 aliphatic carbocycles. The van der Waals surface area contributed by atoms with Crippen molar-refractivity contribution in [2.45, 2.75) is 44.2 Å². The van der Waals surface area contributed by atoms with Gasteiger partial charge in [0.05, 0.1) is 17.3 Å². The van der Waals surface area contributed by atoms with Crippen molar-refractivity contribution >= 4 is 11.3 Å². The third-order valence-electron chi connectivity index (χ3n) is 5.93. The van der Waals surface area contributed by atoms with Crippen molar-refractivity contribution in [1.29, 1.82) is 0 Å². The predicted octanol–water partition coefficient (Wildman–Crippen LogP) is 3.79. The zero-order chi connectivity index (χ0) is 18.1. The Bertz CT molecular complexity index is 1030. The van der Waals surface area contributed by atoms with E-state index in [1.54, 1.807) is 12.4 Å². The Hall–Kier alpha value is -2.47. The molecule has 6 heteroatoms. The van der Waals surface area contributed by atoms with Crippen molar-refractivity contribution in [1.82, 2.24) is 14.6 Å². The highest BCUT2D eigenvalue weighted by Crippen LogP contribution is 2.51. The van der Waals surface area contributed by atoms with E-state index in [9.17, 15) is 0 Å². The van der Waals surface area contributed by atoms with Gasteiger partial charge in [0, 0.05) is 23.3 Å². The van der Waals surface area contributed by atoms with Gasteiger partial charge in [-0.1, -0.05) is 13.0 Å². The second-order valence-electron chi connectivity index (χ2n) is 8.11. The summed E-state index contributed by atoms with van der Waals surface area (Å²) in [5.41, 5.74) is 3.58. The normalized spacial score (nSPS) is 26.4. The molecule has 5 nitrogen and oxygen atoms in total. The zero-order valence-corrected chi connectivity index (χ0v) is 15.1. The molecule has 1 N–H and O–H groups in total. The van der Waals surface area contributed by atoms with E-state index in [-0.39, 0.29) is 22.9 Å². The largest absolute Gasteiger partial charge is 0.377 e. The van der Waals surface area contributed by atoms with Crippen molar-refractivity contribution in [2.75, 3.05) is 11.9 Å². The lowest BCUT2D eigenvalue weighted by atomic mass is 9.67. The fourth-order valence-corrected chi connectivity index (χ4v) is 4.81. The lowest BCUT2D eigenvalue weighted by Crippen LogP contribution is -2.56. The minimum Gasteiger partial charge on any atom is -0.377 e. The number of fused-ring (bicyclic) bond motifs is 4. The summed E-state index contributed by atoms with van der Waals surface area (Å²) in [5, 5.41) is 11.5. The Kier molecular flexibility index (Phi) is 3.05. The van der Waals surface area contributed by atoms with Gasteiger partial charge in [-0.25, -0.2) is 4.39 Å². The molecule has 134 valence electrons. The van der Waals surface area contributed by atoms with E-state index in [1.807, 2.05) is 28.7 Å². The standard InChI is InChI=1S/C20H21FN4O/c1-19(2)18-20(3,7-8-26-18)13-9-12(14(21)10-15(13)23-19)16-5-4-6-17-24-22-11-25(16)17/h4-6,9-11,18,23H,7-8H2,1-3H3. The van der Waals surface area contributed by atoms with Gasteiger partial charge < -0.3 is 10.1 Å². The van der Waals surface area contributed by atoms with Gasteiger partial charge in [-0.2, -0.15) is 0 Å². The number of pyridine rings is 1. The summed E-state index contributed by atoms with van der Waals surface area (Å²) in [7, 11) is 0. The Morgan fingerprint density at radius 3 is 2.96 bits per heavy atom. The molecule has 2 aliphatic heterocycles. The summed E-state index contributed by atoms with van der Waals surface area (Å²) >= 11 is 0. The summed E-state index contributed by atoms with van der Waals surface area (Å²) in [6, 6.07) is 9.23. The maximum Gasteiger partial charge on any atom is 0.161 e. The predicted molar refractivity (Wildman–Crippen MR) is 97.8 cm³/mol. The molecule has 0 amide bonds. The lowest BCUT2D eigenvalue weighted by Gasteiger charge is -2.48. The number of nitrogens with zero attached hydrogens (tertiary/aromatic N) is 3.